The third-order valence-corrected chi connectivity index (χ3v) is 6.84. The van der Waals surface area contributed by atoms with Gasteiger partial charge in [0.15, 0.2) is 5.13 Å². The molecule has 9 heteroatoms. The number of nitrogens with zero attached hydrogens (tertiary/aromatic N) is 3. The average molecular weight is 445 g/mol. The van der Waals surface area contributed by atoms with Crippen LogP contribution in [-0.2, 0) is 11.3 Å². The zero-order chi connectivity index (χ0) is 20.5. The maximum absolute atomic E-state index is 12.7. The van der Waals surface area contributed by atoms with Gasteiger partial charge in [-0.2, -0.15) is 0 Å². The number of benzene rings is 1. The molecule has 4 rings (SSSR count). The normalized spacial score (nSPS) is 11.1. The number of carbonyl (C=O) groups excluding carboxylic acids is 1. The molecule has 0 spiro atoms. The first kappa shape index (κ1) is 19.8. The molecule has 1 N–H and O–H groups in total. The zero-order valence-corrected chi connectivity index (χ0v) is 18.1. The second kappa shape index (κ2) is 8.06. The van der Waals surface area contributed by atoms with E-state index in [0.717, 1.165) is 20.8 Å². The third-order valence-electron chi connectivity index (χ3n) is 4.64. The highest BCUT2D eigenvalue weighted by molar-refractivity contribution is 7.18. The van der Waals surface area contributed by atoms with E-state index < -0.39 is 0 Å². The first-order valence-electron chi connectivity index (χ1n) is 8.89. The number of aromatic nitrogens is 3. The van der Waals surface area contributed by atoms with Gasteiger partial charge >= 0.3 is 0 Å². The largest absolute Gasteiger partial charge is 0.302 e. The summed E-state index contributed by atoms with van der Waals surface area (Å²) in [6, 6.07) is 7.42. The van der Waals surface area contributed by atoms with Gasteiger partial charge in [-0.3, -0.25) is 14.2 Å². The Balaban J connectivity index is 1.44. The number of aryl methyl sites for hydroxylation is 3. The minimum absolute atomic E-state index is 0.111. The molecule has 0 fully saturated rings. The van der Waals surface area contributed by atoms with Gasteiger partial charge in [0.2, 0.25) is 5.91 Å². The van der Waals surface area contributed by atoms with Crippen LogP contribution >= 0.6 is 34.3 Å². The maximum atomic E-state index is 12.7. The van der Waals surface area contributed by atoms with Gasteiger partial charge in [-0.05, 0) is 25.5 Å². The van der Waals surface area contributed by atoms with Gasteiger partial charge in [-0.1, -0.05) is 29.8 Å². The summed E-state index contributed by atoms with van der Waals surface area (Å²) < 4.78 is 1.48. The number of nitrogens with one attached hydrogen (secondary N) is 1. The highest BCUT2D eigenvalue weighted by atomic mass is 35.5. The molecule has 0 aliphatic heterocycles. The highest BCUT2D eigenvalue weighted by Crippen LogP contribution is 2.30. The van der Waals surface area contributed by atoms with Crippen molar-refractivity contribution in [2.45, 2.75) is 26.8 Å². The molecule has 0 atom stereocenters. The summed E-state index contributed by atoms with van der Waals surface area (Å²) in [5.74, 6) is -0.213. The van der Waals surface area contributed by atoms with Crippen molar-refractivity contribution in [2.75, 3.05) is 5.32 Å². The van der Waals surface area contributed by atoms with Gasteiger partial charge in [0.1, 0.15) is 4.83 Å². The van der Waals surface area contributed by atoms with Gasteiger partial charge in [-0.15, -0.1) is 22.7 Å². The van der Waals surface area contributed by atoms with Crippen LogP contribution in [0.4, 0.5) is 5.13 Å². The second-order valence-corrected chi connectivity index (χ2v) is 8.99. The fourth-order valence-corrected chi connectivity index (χ4v) is 4.90. The number of thiophene rings is 1. The Kier molecular flexibility index (Phi) is 5.49. The van der Waals surface area contributed by atoms with Crippen molar-refractivity contribution >= 4 is 55.5 Å². The minimum atomic E-state index is -0.213. The summed E-state index contributed by atoms with van der Waals surface area (Å²) in [7, 11) is 0. The standard InChI is InChI=1S/C20H17ClN4O2S2/c1-11-12(2)29-18-17(11)19(27)25(10-22-18)8-7-16(26)24-20-23-15(9-28-20)13-5-3-4-6-14(13)21/h3-6,9-10H,7-8H2,1-2H3,(H,23,24,26). The van der Waals surface area contributed by atoms with Gasteiger partial charge in [0, 0.05) is 33.8 Å². The van der Waals surface area contributed by atoms with Crippen LogP contribution in [0, 0.1) is 13.8 Å². The van der Waals surface area contributed by atoms with Gasteiger partial charge in [0.25, 0.3) is 5.56 Å². The number of amides is 1. The van der Waals surface area contributed by atoms with Crippen LogP contribution in [0.15, 0.2) is 40.8 Å². The Morgan fingerprint density at radius 1 is 1.28 bits per heavy atom. The molecule has 0 aliphatic rings. The minimum Gasteiger partial charge on any atom is -0.302 e. The number of hydrogen-bond donors (Lipinski definition) is 1. The van der Waals surface area contributed by atoms with Crippen LogP contribution in [0.1, 0.15) is 16.9 Å². The van der Waals surface area contributed by atoms with Crippen LogP contribution in [0.3, 0.4) is 0 Å². The molecule has 0 bridgehead atoms. The molecule has 1 amide bonds. The quantitative estimate of drug-likeness (QED) is 0.476. The number of carbonyl (C=O) groups is 1. The topological polar surface area (TPSA) is 76.9 Å². The van der Waals surface area contributed by atoms with E-state index in [1.54, 1.807) is 6.07 Å². The lowest BCUT2D eigenvalue weighted by atomic mass is 10.2. The van der Waals surface area contributed by atoms with E-state index in [0.29, 0.717) is 21.2 Å². The third kappa shape index (κ3) is 3.96. The number of fused-ring (bicyclic) bond motifs is 1. The van der Waals surface area contributed by atoms with Crippen molar-refractivity contribution in [3.8, 4) is 11.3 Å². The number of anilines is 1. The Morgan fingerprint density at radius 3 is 2.86 bits per heavy atom. The van der Waals surface area contributed by atoms with Gasteiger partial charge in [0.05, 0.1) is 17.4 Å². The monoisotopic (exact) mass is 444 g/mol. The maximum Gasteiger partial charge on any atom is 0.262 e. The molecule has 6 nitrogen and oxygen atoms in total. The molecule has 0 saturated heterocycles. The highest BCUT2D eigenvalue weighted by Gasteiger charge is 2.14. The molecule has 4 aromatic rings. The van der Waals surface area contributed by atoms with Gasteiger partial charge in [-0.25, -0.2) is 9.97 Å². The lowest BCUT2D eigenvalue weighted by molar-refractivity contribution is -0.116. The molecule has 0 radical (unpaired) electrons. The van der Waals surface area contributed by atoms with E-state index in [2.05, 4.69) is 15.3 Å². The SMILES string of the molecule is Cc1sc2ncn(CCC(=O)Nc3nc(-c4ccccc4Cl)cs3)c(=O)c2c1C. The molecule has 0 saturated carbocycles. The predicted octanol–water partition coefficient (Wildman–Crippen LogP) is 4.88. The molecule has 3 aromatic heterocycles. The molecule has 1 aromatic carbocycles. The molecular weight excluding hydrogens is 428 g/mol. The van der Waals surface area contributed by atoms with Crippen molar-refractivity contribution < 1.29 is 4.79 Å². The predicted molar refractivity (Wildman–Crippen MR) is 119 cm³/mol. The Morgan fingerprint density at radius 2 is 2.07 bits per heavy atom. The van der Waals surface area contributed by atoms with E-state index in [-0.39, 0.29) is 24.4 Å². The van der Waals surface area contributed by atoms with E-state index in [9.17, 15) is 9.59 Å². The fraction of sp³-hybridized carbons (Fsp3) is 0.200. The lowest BCUT2D eigenvalue weighted by Gasteiger charge is -2.05. The first-order valence-corrected chi connectivity index (χ1v) is 11.0. The smallest absolute Gasteiger partial charge is 0.262 e. The van der Waals surface area contributed by atoms with Crippen molar-refractivity contribution in [3.63, 3.8) is 0 Å². The summed E-state index contributed by atoms with van der Waals surface area (Å²) in [5, 5.41) is 6.38. The summed E-state index contributed by atoms with van der Waals surface area (Å²) in [6.45, 7) is 4.15. The van der Waals surface area contributed by atoms with E-state index in [4.69, 9.17) is 11.6 Å². The lowest BCUT2D eigenvalue weighted by Crippen LogP contribution is -2.23. The van der Waals surface area contributed by atoms with Crippen molar-refractivity contribution in [2.24, 2.45) is 0 Å². The zero-order valence-electron chi connectivity index (χ0n) is 15.7. The molecule has 29 heavy (non-hydrogen) atoms. The Bertz CT molecular complexity index is 1280. The number of rotatable bonds is 5. The molecular formula is C20H17ClN4O2S2. The summed E-state index contributed by atoms with van der Waals surface area (Å²) in [6.07, 6.45) is 1.66. The van der Waals surface area contributed by atoms with Crippen LogP contribution in [0.2, 0.25) is 5.02 Å². The van der Waals surface area contributed by atoms with Crippen LogP contribution in [0.5, 0.6) is 0 Å². The van der Waals surface area contributed by atoms with E-state index in [1.807, 2.05) is 37.4 Å². The molecule has 0 unspecified atom stereocenters. The number of hydrogen-bond acceptors (Lipinski definition) is 6. The molecule has 148 valence electrons. The Labute approximate surface area is 179 Å². The summed E-state index contributed by atoms with van der Waals surface area (Å²) in [4.78, 5) is 35.6. The fourth-order valence-electron chi connectivity index (χ4n) is 2.96. The van der Waals surface area contributed by atoms with Crippen LogP contribution in [0.25, 0.3) is 21.5 Å². The second-order valence-electron chi connectivity index (χ2n) is 6.52. The first-order chi connectivity index (χ1) is 13.9. The van der Waals surface area contributed by atoms with Crippen molar-refractivity contribution in [1.29, 1.82) is 0 Å². The summed E-state index contributed by atoms with van der Waals surface area (Å²) >= 11 is 9.04. The molecule has 0 aliphatic carbocycles. The van der Waals surface area contributed by atoms with Gasteiger partial charge < -0.3 is 5.32 Å². The number of thiazole rings is 1. The van der Waals surface area contributed by atoms with Crippen molar-refractivity contribution in [1.82, 2.24) is 14.5 Å². The van der Waals surface area contributed by atoms with E-state index >= 15 is 0 Å². The van der Waals surface area contributed by atoms with Crippen LogP contribution < -0.4 is 10.9 Å². The van der Waals surface area contributed by atoms with E-state index in [1.165, 1.54) is 33.6 Å². The average Bonchev–Trinajstić information content (AvgIpc) is 3.26. The van der Waals surface area contributed by atoms with Crippen LogP contribution in [-0.4, -0.2) is 20.4 Å². The summed E-state index contributed by atoms with van der Waals surface area (Å²) in [5.41, 5.74) is 2.37. The number of halogens is 1. The Hall–Kier alpha value is -2.55. The molecule has 3 heterocycles. The van der Waals surface area contributed by atoms with Crippen molar-refractivity contribution in [3.05, 3.63) is 61.8 Å².